The number of carbonyl (C=O) groups excluding carboxylic acids is 2. The quantitative estimate of drug-likeness (QED) is 0.353. The van der Waals surface area contributed by atoms with Crippen LogP contribution < -0.4 is 0 Å². The molecule has 0 unspecified atom stereocenters. The first-order valence-electron chi connectivity index (χ1n) is 5.46. The molecule has 0 radical (unpaired) electrons. The molecule has 1 saturated heterocycles. The van der Waals surface area contributed by atoms with Crippen LogP contribution in [0.2, 0.25) is 0 Å². The fraction of sp³-hybridized carbons (Fsp3) is 0.231. The third-order valence-corrected chi connectivity index (χ3v) is 3.38. The Labute approximate surface area is 123 Å². The molecule has 1 aromatic rings. The van der Waals surface area contributed by atoms with E-state index in [0.29, 0.717) is 9.13 Å². The normalized spacial score (nSPS) is 17.7. The van der Waals surface area contributed by atoms with Gasteiger partial charge in [-0.3, -0.25) is 0 Å². The summed E-state index contributed by atoms with van der Waals surface area (Å²) in [6, 6.07) is 4.88. The van der Waals surface area contributed by atoms with Crippen molar-refractivity contribution in [3.63, 3.8) is 0 Å². The van der Waals surface area contributed by atoms with E-state index in [2.05, 4.69) is 0 Å². The Balaban J connectivity index is 2.44. The summed E-state index contributed by atoms with van der Waals surface area (Å²) >= 11 is 1.99. The SMILES string of the molecule is CC1(C)OC(=O)C(=Cc2c(O)cccc2I)C(=O)O1. The van der Waals surface area contributed by atoms with Gasteiger partial charge in [0.25, 0.3) is 5.79 Å². The van der Waals surface area contributed by atoms with Crippen LogP contribution >= 0.6 is 22.6 Å². The van der Waals surface area contributed by atoms with E-state index in [4.69, 9.17) is 9.47 Å². The number of esters is 2. The monoisotopic (exact) mass is 374 g/mol. The molecule has 0 aliphatic carbocycles. The van der Waals surface area contributed by atoms with Crippen molar-refractivity contribution in [2.24, 2.45) is 0 Å². The predicted octanol–water partition coefficient (Wildman–Crippen LogP) is 2.22. The van der Waals surface area contributed by atoms with Gasteiger partial charge in [-0.15, -0.1) is 0 Å². The van der Waals surface area contributed by atoms with Crippen LogP contribution in [0.3, 0.4) is 0 Å². The van der Waals surface area contributed by atoms with E-state index in [1.165, 1.54) is 26.0 Å². The van der Waals surface area contributed by atoms with Crippen LogP contribution in [0.4, 0.5) is 0 Å². The number of halogens is 1. The van der Waals surface area contributed by atoms with Gasteiger partial charge in [0.05, 0.1) is 0 Å². The van der Waals surface area contributed by atoms with Gasteiger partial charge in [-0.2, -0.15) is 0 Å². The lowest BCUT2D eigenvalue weighted by atomic mass is 10.1. The largest absolute Gasteiger partial charge is 0.507 e. The second-order valence-electron chi connectivity index (χ2n) is 4.41. The lowest BCUT2D eigenvalue weighted by Gasteiger charge is -2.29. The van der Waals surface area contributed by atoms with Crippen LogP contribution in [-0.4, -0.2) is 22.8 Å². The molecule has 1 N–H and O–H groups in total. The summed E-state index contributed by atoms with van der Waals surface area (Å²) in [6.45, 7) is 2.95. The highest BCUT2D eigenvalue weighted by molar-refractivity contribution is 14.1. The molecule has 1 heterocycles. The molecule has 5 nitrogen and oxygen atoms in total. The fourth-order valence-electron chi connectivity index (χ4n) is 1.59. The van der Waals surface area contributed by atoms with Crippen molar-refractivity contribution in [2.45, 2.75) is 19.6 Å². The summed E-state index contributed by atoms with van der Waals surface area (Å²) in [5.41, 5.74) is 0.144. The number of phenolic OH excluding ortho intramolecular Hbond substituents is 1. The van der Waals surface area contributed by atoms with Gasteiger partial charge in [0.2, 0.25) is 0 Å². The van der Waals surface area contributed by atoms with E-state index < -0.39 is 17.7 Å². The van der Waals surface area contributed by atoms with Gasteiger partial charge in [-0.05, 0) is 40.8 Å². The van der Waals surface area contributed by atoms with E-state index in [-0.39, 0.29) is 11.3 Å². The number of carbonyl (C=O) groups is 2. The Morgan fingerprint density at radius 2 is 1.79 bits per heavy atom. The van der Waals surface area contributed by atoms with Crippen LogP contribution in [0, 0.1) is 3.57 Å². The predicted molar refractivity (Wildman–Crippen MR) is 75.1 cm³/mol. The molecule has 0 bridgehead atoms. The number of ether oxygens (including phenoxy) is 2. The maximum absolute atomic E-state index is 11.8. The molecule has 0 saturated carbocycles. The van der Waals surface area contributed by atoms with E-state index in [9.17, 15) is 14.7 Å². The first kappa shape index (κ1) is 13.9. The highest BCUT2D eigenvalue weighted by Crippen LogP contribution is 2.29. The van der Waals surface area contributed by atoms with Crippen molar-refractivity contribution in [1.82, 2.24) is 0 Å². The Morgan fingerprint density at radius 1 is 1.21 bits per heavy atom. The van der Waals surface area contributed by atoms with Crippen molar-refractivity contribution < 1.29 is 24.2 Å². The molecule has 0 spiro atoms. The van der Waals surface area contributed by atoms with E-state index in [1.807, 2.05) is 22.6 Å². The first-order chi connectivity index (χ1) is 8.80. The molecule has 100 valence electrons. The Hall–Kier alpha value is -1.57. The van der Waals surface area contributed by atoms with Gasteiger partial charge in [0.1, 0.15) is 11.3 Å². The molecule has 0 amide bonds. The number of benzene rings is 1. The summed E-state index contributed by atoms with van der Waals surface area (Å²) < 4.78 is 10.7. The number of hydrogen-bond donors (Lipinski definition) is 1. The first-order valence-corrected chi connectivity index (χ1v) is 6.54. The third kappa shape index (κ3) is 2.89. The van der Waals surface area contributed by atoms with Gasteiger partial charge in [0.15, 0.2) is 0 Å². The molecule has 1 aliphatic rings. The molecule has 1 aromatic carbocycles. The van der Waals surface area contributed by atoms with Gasteiger partial charge in [-0.1, -0.05) is 6.07 Å². The van der Waals surface area contributed by atoms with Crippen molar-refractivity contribution in [3.05, 3.63) is 32.9 Å². The molecule has 1 fully saturated rings. The molecular formula is C13H11IO5. The maximum Gasteiger partial charge on any atom is 0.348 e. The Bertz CT molecular complexity index is 546. The summed E-state index contributed by atoms with van der Waals surface area (Å²) in [4.78, 5) is 23.5. The summed E-state index contributed by atoms with van der Waals surface area (Å²) in [6.07, 6.45) is 1.27. The molecule has 0 aromatic heterocycles. The van der Waals surface area contributed by atoms with Crippen LogP contribution in [0.1, 0.15) is 19.4 Å². The van der Waals surface area contributed by atoms with Gasteiger partial charge >= 0.3 is 11.9 Å². The topological polar surface area (TPSA) is 72.8 Å². The van der Waals surface area contributed by atoms with Crippen molar-refractivity contribution >= 4 is 40.6 Å². The summed E-state index contributed by atoms with van der Waals surface area (Å²) in [5.74, 6) is -2.82. The smallest absolute Gasteiger partial charge is 0.348 e. The van der Waals surface area contributed by atoms with Crippen LogP contribution in [-0.2, 0) is 19.1 Å². The average molecular weight is 374 g/mol. The van der Waals surface area contributed by atoms with Crippen molar-refractivity contribution in [3.8, 4) is 5.75 Å². The average Bonchev–Trinajstić information content (AvgIpc) is 2.25. The highest BCUT2D eigenvalue weighted by atomic mass is 127. The molecule has 6 heteroatoms. The van der Waals surface area contributed by atoms with Crippen LogP contribution in [0.5, 0.6) is 5.75 Å². The molecule has 1 aliphatic heterocycles. The fourth-order valence-corrected chi connectivity index (χ4v) is 2.23. The molecule has 19 heavy (non-hydrogen) atoms. The van der Waals surface area contributed by atoms with Crippen LogP contribution in [0.15, 0.2) is 23.8 Å². The third-order valence-electron chi connectivity index (χ3n) is 2.44. The zero-order chi connectivity index (χ0) is 14.2. The number of hydrogen-bond acceptors (Lipinski definition) is 5. The number of rotatable bonds is 1. The minimum Gasteiger partial charge on any atom is -0.507 e. The molecule has 2 rings (SSSR count). The highest BCUT2D eigenvalue weighted by Gasteiger charge is 2.39. The standard InChI is InChI=1S/C13H11IO5/c1-13(2)18-11(16)8(12(17)19-13)6-7-9(14)4-3-5-10(7)15/h3-6,15H,1-2H3. The minimum atomic E-state index is -1.27. The van der Waals surface area contributed by atoms with E-state index >= 15 is 0 Å². The lowest BCUT2D eigenvalue weighted by Crippen LogP contribution is -2.41. The summed E-state index contributed by atoms with van der Waals surface area (Å²) in [5, 5.41) is 9.74. The Morgan fingerprint density at radius 3 is 2.32 bits per heavy atom. The zero-order valence-corrected chi connectivity index (χ0v) is 12.4. The van der Waals surface area contributed by atoms with Crippen molar-refractivity contribution in [1.29, 1.82) is 0 Å². The zero-order valence-electron chi connectivity index (χ0n) is 10.3. The lowest BCUT2D eigenvalue weighted by molar-refractivity contribution is -0.222. The second-order valence-corrected chi connectivity index (χ2v) is 5.57. The minimum absolute atomic E-state index is 0.0233. The maximum atomic E-state index is 11.8. The number of aromatic hydroxyl groups is 1. The van der Waals surface area contributed by atoms with E-state index in [0.717, 1.165) is 0 Å². The van der Waals surface area contributed by atoms with Gasteiger partial charge in [0, 0.05) is 23.0 Å². The molecular weight excluding hydrogens is 363 g/mol. The van der Waals surface area contributed by atoms with Crippen LogP contribution in [0.25, 0.3) is 6.08 Å². The van der Waals surface area contributed by atoms with Gasteiger partial charge in [-0.25, -0.2) is 9.59 Å². The van der Waals surface area contributed by atoms with Gasteiger partial charge < -0.3 is 14.6 Å². The van der Waals surface area contributed by atoms with Crippen molar-refractivity contribution in [2.75, 3.05) is 0 Å². The molecule has 0 atom stereocenters. The summed E-state index contributed by atoms with van der Waals surface area (Å²) in [7, 11) is 0. The number of cyclic esters (lactones) is 2. The number of phenols is 1. The second kappa shape index (κ2) is 4.84. The van der Waals surface area contributed by atoms with E-state index in [1.54, 1.807) is 12.1 Å². The Kier molecular flexibility index (Phi) is 3.53.